The maximum atomic E-state index is 5.36. The zero-order chi connectivity index (χ0) is 15.7. The summed E-state index contributed by atoms with van der Waals surface area (Å²) >= 11 is 0. The van der Waals surface area contributed by atoms with Crippen molar-refractivity contribution in [1.82, 2.24) is 9.97 Å². The molecule has 1 aromatic rings. The molecule has 0 aliphatic heterocycles. The van der Waals surface area contributed by atoms with Gasteiger partial charge in [-0.1, -0.05) is 13.8 Å². The maximum absolute atomic E-state index is 5.36. The quantitative estimate of drug-likeness (QED) is 0.690. The molecular weight excluding hydrogens is 268 g/mol. The summed E-state index contributed by atoms with van der Waals surface area (Å²) in [5, 5.41) is 6.70. The second-order valence-corrected chi connectivity index (χ2v) is 4.94. The standard InChI is InChI=1S/C15H28N4O2/c1-6-8-16-14-11(3)15(19-13(7-2)18-14)17-9-12(21-5)10-20-4/h12H,6-10H2,1-5H3,(H2,16,17,18,19). The van der Waals surface area contributed by atoms with E-state index in [1.165, 1.54) is 0 Å². The van der Waals surface area contributed by atoms with Gasteiger partial charge in [0.25, 0.3) is 0 Å². The van der Waals surface area contributed by atoms with Gasteiger partial charge >= 0.3 is 0 Å². The highest BCUT2D eigenvalue weighted by molar-refractivity contribution is 5.57. The van der Waals surface area contributed by atoms with Crippen LogP contribution in [0.2, 0.25) is 0 Å². The van der Waals surface area contributed by atoms with Crippen molar-refractivity contribution in [3.63, 3.8) is 0 Å². The second kappa shape index (κ2) is 9.52. The molecule has 0 bridgehead atoms. The molecule has 0 saturated heterocycles. The van der Waals surface area contributed by atoms with Crippen molar-refractivity contribution < 1.29 is 9.47 Å². The van der Waals surface area contributed by atoms with Crippen molar-refractivity contribution in [3.05, 3.63) is 11.4 Å². The summed E-state index contributed by atoms with van der Waals surface area (Å²) in [6.07, 6.45) is 1.87. The van der Waals surface area contributed by atoms with Gasteiger partial charge in [0.05, 0.1) is 12.7 Å². The van der Waals surface area contributed by atoms with Gasteiger partial charge in [-0.15, -0.1) is 0 Å². The Morgan fingerprint density at radius 2 is 1.76 bits per heavy atom. The lowest BCUT2D eigenvalue weighted by atomic mass is 10.2. The first kappa shape index (κ1) is 17.7. The van der Waals surface area contributed by atoms with E-state index in [0.29, 0.717) is 13.2 Å². The van der Waals surface area contributed by atoms with Crippen LogP contribution in [0.4, 0.5) is 11.6 Å². The first-order valence-electron chi connectivity index (χ1n) is 7.53. The van der Waals surface area contributed by atoms with E-state index in [1.54, 1.807) is 14.2 Å². The van der Waals surface area contributed by atoms with Gasteiger partial charge in [-0.25, -0.2) is 9.97 Å². The fourth-order valence-electron chi connectivity index (χ4n) is 1.92. The molecule has 0 amide bonds. The van der Waals surface area contributed by atoms with Crippen molar-refractivity contribution in [2.45, 2.75) is 39.7 Å². The smallest absolute Gasteiger partial charge is 0.134 e. The Bertz CT molecular complexity index is 426. The number of ether oxygens (including phenoxy) is 2. The van der Waals surface area contributed by atoms with E-state index in [-0.39, 0.29) is 6.10 Å². The number of methoxy groups -OCH3 is 2. The van der Waals surface area contributed by atoms with E-state index < -0.39 is 0 Å². The van der Waals surface area contributed by atoms with Gasteiger partial charge in [0.15, 0.2) is 0 Å². The normalized spacial score (nSPS) is 12.2. The van der Waals surface area contributed by atoms with Crippen LogP contribution in [-0.2, 0) is 15.9 Å². The minimum absolute atomic E-state index is 0.00138. The lowest BCUT2D eigenvalue weighted by Gasteiger charge is -2.18. The first-order valence-corrected chi connectivity index (χ1v) is 7.53. The van der Waals surface area contributed by atoms with Crippen LogP contribution in [0, 0.1) is 6.92 Å². The molecule has 1 atom stereocenters. The third-order valence-electron chi connectivity index (χ3n) is 3.23. The van der Waals surface area contributed by atoms with Gasteiger partial charge in [0.1, 0.15) is 17.5 Å². The lowest BCUT2D eigenvalue weighted by molar-refractivity contribution is 0.0365. The molecule has 1 aromatic heterocycles. The summed E-state index contributed by atoms with van der Waals surface area (Å²) in [7, 11) is 3.35. The molecule has 0 saturated carbocycles. The Morgan fingerprint density at radius 1 is 1.10 bits per heavy atom. The Hall–Kier alpha value is -1.40. The van der Waals surface area contributed by atoms with E-state index >= 15 is 0 Å². The maximum Gasteiger partial charge on any atom is 0.134 e. The first-order chi connectivity index (χ1) is 10.2. The number of aromatic nitrogens is 2. The van der Waals surface area contributed by atoms with Gasteiger partial charge < -0.3 is 20.1 Å². The van der Waals surface area contributed by atoms with Crippen molar-refractivity contribution >= 4 is 11.6 Å². The number of anilines is 2. The highest BCUT2D eigenvalue weighted by Crippen LogP contribution is 2.20. The second-order valence-electron chi connectivity index (χ2n) is 4.94. The van der Waals surface area contributed by atoms with Crippen LogP contribution in [0.3, 0.4) is 0 Å². The third kappa shape index (κ3) is 5.47. The van der Waals surface area contributed by atoms with E-state index in [1.807, 2.05) is 6.92 Å². The molecule has 0 fully saturated rings. The van der Waals surface area contributed by atoms with Crippen LogP contribution in [0.5, 0.6) is 0 Å². The summed E-state index contributed by atoms with van der Waals surface area (Å²) in [4.78, 5) is 9.12. The van der Waals surface area contributed by atoms with Crippen LogP contribution in [0.25, 0.3) is 0 Å². The Labute approximate surface area is 127 Å². The summed E-state index contributed by atoms with van der Waals surface area (Å²) in [5.74, 6) is 2.60. The van der Waals surface area contributed by atoms with Gasteiger partial charge in [-0.2, -0.15) is 0 Å². The molecule has 0 aromatic carbocycles. The van der Waals surface area contributed by atoms with Crippen LogP contribution in [0.15, 0.2) is 0 Å². The molecule has 6 heteroatoms. The summed E-state index contributed by atoms with van der Waals surface area (Å²) in [6.45, 7) is 8.33. The van der Waals surface area contributed by atoms with E-state index in [4.69, 9.17) is 9.47 Å². The van der Waals surface area contributed by atoms with Crippen molar-refractivity contribution in [2.75, 3.05) is 44.5 Å². The number of rotatable bonds is 10. The fraction of sp³-hybridized carbons (Fsp3) is 0.733. The highest BCUT2D eigenvalue weighted by atomic mass is 16.5. The molecule has 0 radical (unpaired) electrons. The third-order valence-corrected chi connectivity index (χ3v) is 3.23. The number of nitrogens with one attached hydrogen (secondary N) is 2. The molecule has 21 heavy (non-hydrogen) atoms. The Morgan fingerprint density at radius 3 is 2.29 bits per heavy atom. The number of nitrogens with zero attached hydrogens (tertiary/aromatic N) is 2. The Kier molecular flexibility index (Phi) is 8.00. The van der Waals surface area contributed by atoms with Crippen molar-refractivity contribution in [3.8, 4) is 0 Å². The van der Waals surface area contributed by atoms with Gasteiger partial charge in [-0.3, -0.25) is 0 Å². The van der Waals surface area contributed by atoms with Crippen LogP contribution < -0.4 is 10.6 Å². The zero-order valence-electron chi connectivity index (χ0n) is 13.8. The molecule has 120 valence electrons. The molecule has 0 aliphatic rings. The number of aryl methyl sites for hydroxylation is 1. The van der Waals surface area contributed by atoms with Crippen molar-refractivity contribution in [1.29, 1.82) is 0 Å². The molecule has 0 spiro atoms. The topological polar surface area (TPSA) is 68.3 Å². The number of hydrogen-bond acceptors (Lipinski definition) is 6. The van der Waals surface area contributed by atoms with Gasteiger partial charge in [0, 0.05) is 39.3 Å². The molecule has 1 rings (SSSR count). The van der Waals surface area contributed by atoms with E-state index in [2.05, 4.69) is 34.4 Å². The predicted octanol–water partition coefficient (Wildman–Crippen LogP) is 2.24. The monoisotopic (exact) mass is 296 g/mol. The average molecular weight is 296 g/mol. The zero-order valence-corrected chi connectivity index (χ0v) is 13.8. The summed E-state index contributed by atoms with van der Waals surface area (Å²) < 4.78 is 10.5. The van der Waals surface area contributed by atoms with Crippen LogP contribution in [0.1, 0.15) is 31.7 Å². The fourth-order valence-corrected chi connectivity index (χ4v) is 1.92. The van der Waals surface area contributed by atoms with E-state index in [0.717, 1.165) is 42.4 Å². The van der Waals surface area contributed by atoms with Crippen LogP contribution in [-0.4, -0.2) is 50.0 Å². The minimum atomic E-state index is 0.00138. The molecule has 0 aliphatic carbocycles. The SMILES string of the molecule is CCCNc1nc(CC)nc(NCC(COC)OC)c1C. The molecule has 2 N–H and O–H groups in total. The molecule has 1 unspecified atom stereocenters. The molecular formula is C15H28N4O2. The summed E-state index contributed by atoms with van der Waals surface area (Å²) in [5.41, 5.74) is 1.04. The minimum Gasteiger partial charge on any atom is -0.382 e. The largest absolute Gasteiger partial charge is 0.382 e. The van der Waals surface area contributed by atoms with Gasteiger partial charge in [0.2, 0.25) is 0 Å². The average Bonchev–Trinajstić information content (AvgIpc) is 2.51. The van der Waals surface area contributed by atoms with E-state index in [9.17, 15) is 0 Å². The lowest BCUT2D eigenvalue weighted by Crippen LogP contribution is -2.27. The molecule has 6 nitrogen and oxygen atoms in total. The van der Waals surface area contributed by atoms with Gasteiger partial charge in [-0.05, 0) is 13.3 Å². The molecule has 1 heterocycles. The predicted molar refractivity (Wildman–Crippen MR) is 86.1 cm³/mol. The van der Waals surface area contributed by atoms with Crippen molar-refractivity contribution in [2.24, 2.45) is 0 Å². The number of hydrogen-bond donors (Lipinski definition) is 2. The highest BCUT2D eigenvalue weighted by Gasteiger charge is 2.12. The summed E-state index contributed by atoms with van der Waals surface area (Å²) in [6, 6.07) is 0. The van der Waals surface area contributed by atoms with Crippen LogP contribution >= 0.6 is 0 Å². The Balaban J connectivity index is 2.84.